The summed E-state index contributed by atoms with van der Waals surface area (Å²) in [5.74, 6) is 0.650. The lowest BCUT2D eigenvalue weighted by Gasteiger charge is -2.55. The molecule has 0 bridgehead atoms. The highest BCUT2D eigenvalue weighted by atomic mass is 16.3. The Bertz CT molecular complexity index is 502. The van der Waals surface area contributed by atoms with E-state index >= 15 is 0 Å². The highest BCUT2D eigenvalue weighted by Gasteiger charge is 2.51. The number of allylic oxidation sites excluding steroid dienone is 3. The molecule has 2 aliphatic carbocycles. The molecular formula is C23H38O. The summed E-state index contributed by atoms with van der Waals surface area (Å²) < 4.78 is 0. The number of fused-ring (bicyclic) bond motifs is 1. The maximum Gasteiger partial charge on any atom is 0.0577 e. The van der Waals surface area contributed by atoms with E-state index in [2.05, 4.69) is 59.1 Å². The lowest BCUT2D eigenvalue weighted by Crippen LogP contribution is -2.46. The molecule has 0 amide bonds. The SMILES string of the molecule is C=CC[C@](C)(CC[C@]1(C=C)CCC=C2CC(O)CC[C@@]21C)C(C)C. The van der Waals surface area contributed by atoms with E-state index in [1.165, 1.54) is 24.8 Å². The van der Waals surface area contributed by atoms with E-state index < -0.39 is 0 Å². The van der Waals surface area contributed by atoms with Gasteiger partial charge in [0.15, 0.2) is 0 Å². The first-order valence-electron chi connectivity index (χ1n) is 9.85. The number of aliphatic hydroxyl groups is 1. The molecule has 1 nitrogen and oxygen atoms in total. The van der Waals surface area contributed by atoms with Gasteiger partial charge in [0, 0.05) is 0 Å². The van der Waals surface area contributed by atoms with Crippen LogP contribution in [0, 0.1) is 22.2 Å². The molecule has 1 saturated carbocycles. The van der Waals surface area contributed by atoms with Crippen LogP contribution in [0.25, 0.3) is 0 Å². The van der Waals surface area contributed by atoms with Crippen LogP contribution >= 0.6 is 0 Å². The zero-order chi connectivity index (χ0) is 18.0. The summed E-state index contributed by atoms with van der Waals surface area (Å²) in [6.07, 6.45) is 15.3. The number of aliphatic hydroxyl groups excluding tert-OH is 1. The quantitative estimate of drug-likeness (QED) is 0.532. The fourth-order valence-electron chi connectivity index (χ4n) is 5.15. The zero-order valence-electron chi connectivity index (χ0n) is 16.4. The van der Waals surface area contributed by atoms with Gasteiger partial charge >= 0.3 is 0 Å². The van der Waals surface area contributed by atoms with E-state index in [1.54, 1.807) is 0 Å². The van der Waals surface area contributed by atoms with Gasteiger partial charge in [0.2, 0.25) is 0 Å². The molecule has 1 fully saturated rings. The normalized spacial score (nSPS) is 35.8. The average molecular weight is 331 g/mol. The van der Waals surface area contributed by atoms with E-state index in [9.17, 15) is 5.11 Å². The van der Waals surface area contributed by atoms with Crippen molar-refractivity contribution in [2.75, 3.05) is 0 Å². The molecule has 0 saturated heterocycles. The van der Waals surface area contributed by atoms with Crippen LogP contribution in [0.1, 0.15) is 79.1 Å². The molecule has 4 atom stereocenters. The van der Waals surface area contributed by atoms with Gasteiger partial charge in [-0.1, -0.05) is 51.5 Å². The first-order valence-corrected chi connectivity index (χ1v) is 9.85. The number of hydrogen-bond acceptors (Lipinski definition) is 1. The van der Waals surface area contributed by atoms with Gasteiger partial charge in [0.05, 0.1) is 6.10 Å². The van der Waals surface area contributed by atoms with Crippen LogP contribution in [0.5, 0.6) is 0 Å². The molecule has 1 heteroatoms. The largest absolute Gasteiger partial charge is 0.393 e. The first kappa shape index (κ1) is 19.5. The van der Waals surface area contributed by atoms with E-state index in [0.29, 0.717) is 11.3 Å². The molecule has 0 aromatic heterocycles. The zero-order valence-corrected chi connectivity index (χ0v) is 16.4. The number of rotatable bonds is 7. The minimum absolute atomic E-state index is 0.147. The second-order valence-electron chi connectivity index (χ2n) is 9.16. The Hall–Kier alpha value is -0.820. The van der Waals surface area contributed by atoms with Crippen LogP contribution in [0.3, 0.4) is 0 Å². The highest BCUT2D eigenvalue weighted by molar-refractivity contribution is 5.28. The summed E-state index contributed by atoms with van der Waals surface area (Å²) >= 11 is 0. The van der Waals surface area contributed by atoms with Crippen molar-refractivity contribution in [1.29, 1.82) is 0 Å². The van der Waals surface area contributed by atoms with Gasteiger partial charge in [-0.25, -0.2) is 0 Å². The molecular weight excluding hydrogens is 292 g/mol. The summed E-state index contributed by atoms with van der Waals surface area (Å²) in [5, 5.41) is 10.1. The fourth-order valence-corrected chi connectivity index (χ4v) is 5.15. The van der Waals surface area contributed by atoms with Gasteiger partial charge in [0.25, 0.3) is 0 Å². The molecule has 0 aromatic carbocycles. The molecule has 1 N–H and O–H groups in total. The summed E-state index contributed by atoms with van der Waals surface area (Å²) in [4.78, 5) is 0. The smallest absolute Gasteiger partial charge is 0.0577 e. The topological polar surface area (TPSA) is 20.2 Å². The molecule has 2 rings (SSSR count). The van der Waals surface area contributed by atoms with Gasteiger partial charge in [0.1, 0.15) is 0 Å². The Morgan fingerprint density at radius 1 is 1.38 bits per heavy atom. The third-order valence-corrected chi connectivity index (χ3v) is 7.76. The van der Waals surface area contributed by atoms with E-state index in [-0.39, 0.29) is 16.9 Å². The molecule has 0 spiro atoms. The van der Waals surface area contributed by atoms with Crippen LogP contribution in [-0.2, 0) is 0 Å². The van der Waals surface area contributed by atoms with Crippen LogP contribution in [0.4, 0.5) is 0 Å². The van der Waals surface area contributed by atoms with Crippen molar-refractivity contribution >= 4 is 0 Å². The Kier molecular flexibility index (Phi) is 5.85. The minimum atomic E-state index is -0.147. The highest BCUT2D eigenvalue weighted by Crippen LogP contribution is 2.61. The molecule has 24 heavy (non-hydrogen) atoms. The van der Waals surface area contributed by atoms with Crippen LogP contribution in [0.15, 0.2) is 37.0 Å². The van der Waals surface area contributed by atoms with E-state index in [0.717, 1.165) is 32.1 Å². The molecule has 0 heterocycles. The second-order valence-corrected chi connectivity index (χ2v) is 9.16. The Balaban J connectivity index is 2.27. The van der Waals surface area contributed by atoms with Gasteiger partial charge in [-0.2, -0.15) is 0 Å². The molecule has 0 radical (unpaired) electrons. The van der Waals surface area contributed by atoms with Crippen molar-refractivity contribution in [3.8, 4) is 0 Å². The van der Waals surface area contributed by atoms with Gasteiger partial charge < -0.3 is 5.11 Å². The Morgan fingerprint density at radius 2 is 2.08 bits per heavy atom. The minimum Gasteiger partial charge on any atom is -0.393 e. The monoisotopic (exact) mass is 330 g/mol. The molecule has 136 valence electrons. The molecule has 1 unspecified atom stereocenters. The lowest BCUT2D eigenvalue weighted by molar-refractivity contribution is 0.0206. The van der Waals surface area contributed by atoms with Crippen LogP contribution in [-0.4, -0.2) is 11.2 Å². The summed E-state index contributed by atoms with van der Waals surface area (Å²) in [7, 11) is 0. The lowest BCUT2D eigenvalue weighted by atomic mass is 9.49. The van der Waals surface area contributed by atoms with Crippen molar-refractivity contribution in [3.05, 3.63) is 37.0 Å². The van der Waals surface area contributed by atoms with Crippen molar-refractivity contribution in [2.45, 2.75) is 85.2 Å². The van der Waals surface area contributed by atoms with Gasteiger partial charge in [-0.05, 0) is 73.5 Å². The third-order valence-electron chi connectivity index (χ3n) is 7.76. The predicted molar refractivity (Wildman–Crippen MR) is 105 cm³/mol. The van der Waals surface area contributed by atoms with Crippen molar-refractivity contribution in [3.63, 3.8) is 0 Å². The maximum atomic E-state index is 10.1. The first-order chi connectivity index (χ1) is 11.2. The standard InChI is InChI=1S/C23H38O/c1-7-12-21(5,18(3)4)15-16-23(8-2)13-9-10-19-17-20(24)11-14-22(19,23)6/h7-8,10,18,20,24H,1-2,9,11-17H2,3-6H3/t20?,21-,22+,23+/m1/s1. The summed E-state index contributed by atoms with van der Waals surface area (Å²) in [6.45, 7) is 17.8. The summed E-state index contributed by atoms with van der Waals surface area (Å²) in [5.41, 5.74) is 2.15. The average Bonchev–Trinajstić information content (AvgIpc) is 2.54. The van der Waals surface area contributed by atoms with E-state index in [4.69, 9.17) is 0 Å². The molecule has 0 aliphatic heterocycles. The third kappa shape index (κ3) is 3.29. The molecule has 2 aliphatic rings. The van der Waals surface area contributed by atoms with Crippen molar-refractivity contribution < 1.29 is 5.11 Å². The van der Waals surface area contributed by atoms with Gasteiger partial charge in [-0.15, -0.1) is 13.2 Å². The fraction of sp³-hybridized carbons (Fsp3) is 0.739. The molecule has 0 aromatic rings. The van der Waals surface area contributed by atoms with Gasteiger partial charge in [-0.3, -0.25) is 0 Å². The van der Waals surface area contributed by atoms with Crippen LogP contribution in [0.2, 0.25) is 0 Å². The second kappa shape index (κ2) is 7.20. The Labute approximate surface area is 149 Å². The summed E-state index contributed by atoms with van der Waals surface area (Å²) in [6, 6.07) is 0. The van der Waals surface area contributed by atoms with Crippen molar-refractivity contribution in [1.82, 2.24) is 0 Å². The Morgan fingerprint density at radius 3 is 2.67 bits per heavy atom. The van der Waals surface area contributed by atoms with Crippen molar-refractivity contribution in [2.24, 2.45) is 22.2 Å². The van der Waals surface area contributed by atoms with Crippen LogP contribution < -0.4 is 0 Å². The maximum absolute atomic E-state index is 10.1. The predicted octanol–water partition coefficient (Wildman–Crippen LogP) is 6.45. The number of hydrogen-bond donors (Lipinski definition) is 1. The van der Waals surface area contributed by atoms with E-state index in [1.807, 2.05) is 0 Å².